The van der Waals surface area contributed by atoms with Crippen molar-refractivity contribution in [2.45, 2.75) is 38.2 Å². The minimum absolute atomic E-state index is 0.0631. The van der Waals surface area contributed by atoms with Crippen LogP contribution in [0.4, 0.5) is 0 Å². The molecule has 1 saturated carbocycles. The summed E-state index contributed by atoms with van der Waals surface area (Å²) in [4.78, 5) is 27.3. The fraction of sp³-hybridized carbons (Fsp3) is 0.214. The van der Waals surface area contributed by atoms with Gasteiger partial charge in [-0.1, -0.05) is 73.2 Å². The molecule has 1 fully saturated rings. The predicted molar refractivity (Wildman–Crippen MR) is 125 cm³/mol. The molecule has 5 rings (SSSR count). The van der Waals surface area contributed by atoms with E-state index in [1.165, 1.54) is 6.42 Å². The predicted octanol–water partition coefficient (Wildman–Crippen LogP) is 6.33. The molecule has 4 aromatic rings. The van der Waals surface area contributed by atoms with Crippen LogP contribution in [-0.4, -0.2) is 22.3 Å². The van der Waals surface area contributed by atoms with Gasteiger partial charge in [-0.25, -0.2) is 4.79 Å². The molecule has 1 aliphatic carbocycles. The van der Waals surface area contributed by atoms with Crippen LogP contribution in [0.3, 0.4) is 0 Å². The number of benzene rings is 2. The van der Waals surface area contributed by atoms with Crippen molar-refractivity contribution < 1.29 is 14.3 Å². The molecule has 0 amide bonds. The summed E-state index contributed by atoms with van der Waals surface area (Å²) in [5.41, 5.74) is 3.67. The zero-order valence-corrected chi connectivity index (χ0v) is 17.9. The number of pyridine rings is 1. The summed E-state index contributed by atoms with van der Waals surface area (Å²) >= 11 is 0. The zero-order chi connectivity index (χ0) is 21.9. The topological polar surface area (TPSA) is 47.8 Å². The zero-order valence-electron chi connectivity index (χ0n) is 17.9. The summed E-state index contributed by atoms with van der Waals surface area (Å²) in [6.07, 6.45) is 6.92. The second-order valence-corrected chi connectivity index (χ2v) is 8.28. The minimum Gasteiger partial charge on any atom is -0.459 e. The van der Waals surface area contributed by atoms with Crippen molar-refractivity contribution in [2.24, 2.45) is 0 Å². The summed E-state index contributed by atoms with van der Waals surface area (Å²) in [6, 6.07) is 24.5. The van der Waals surface area contributed by atoms with E-state index in [2.05, 4.69) is 0 Å². The van der Waals surface area contributed by atoms with Crippen LogP contribution < -0.4 is 0 Å². The molecule has 0 atom stereocenters. The molecule has 4 heteroatoms. The first kappa shape index (κ1) is 20.3. The van der Waals surface area contributed by atoms with Gasteiger partial charge in [0.15, 0.2) is 0 Å². The average molecular weight is 424 g/mol. The summed E-state index contributed by atoms with van der Waals surface area (Å²) in [7, 11) is 0. The number of hydrogen-bond acceptors (Lipinski definition) is 3. The highest BCUT2D eigenvalue weighted by atomic mass is 16.5. The highest BCUT2D eigenvalue weighted by Crippen LogP contribution is 2.36. The molecule has 2 aromatic carbocycles. The number of carbonyl (C=O) groups is 2. The Labute approximate surface area is 187 Å². The Bertz CT molecular complexity index is 1250. The van der Waals surface area contributed by atoms with Crippen molar-refractivity contribution in [3.8, 4) is 11.1 Å². The van der Waals surface area contributed by atoms with Gasteiger partial charge in [-0.2, -0.15) is 0 Å². The summed E-state index contributed by atoms with van der Waals surface area (Å²) in [6.45, 7) is 0. The van der Waals surface area contributed by atoms with Crippen LogP contribution in [0.25, 0.3) is 16.6 Å². The molecule has 0 spiro atoms. The average Bonchev–Trinajstić information content (AvgIpc) is 3.20. The molecule has 0 radical (unpaired) electrons. The van der Waals surface area contributed by atoms with Crippen LogP contribution in [0.5, 0.6) is 0 Å². The Morgan fingerprint density at radius 2 is 1.44 bits per heavy atom. The van der Waals surface area contributed by atoms with Crippen molar-refractivity contribution in [2.75, 3.05) is 0 Å². The van der Waals surface area contributed by atoms with E-state index >= 15 is 0 Å². The number of esters is 1. The normalized spacial score (nSPS) is 14.4. The second kappa shape index (κ2) is 8.83. The second-order valence-electron chi connectivity index (χ2n) is 8.28. The van der Waals surface area contributed by atoms with E-state index < -0.39 is 0 Å². The first-order valence-corrected chi connectivity index (χ1v) is 11.2. The van der Waals surface area contributed by atoms with Gasteiger partial charge in [0.25, 0.3) is 0 Å². The van der Waals surface area contributed by atoms with E-state index in [-0.39, 0.29) is 17.9 Å². The SMILES string of the molecule is O=C(OC1CCCCC1)c1c(-c2ccccc2)c(C(=O)c2ccccc2)n2ccccc12. The Balaban J connectivity index is 1.72. The summed E-state index contributed by atoms with van der Waals surface area (Å²) in [5.74, 6) is -0.478. The van der Waals surface area contributed by atoms with E-state index in [1.807, 2.05) is 77.3 Å². The lowest BCUT2D eigenvalue weighted by atomic mass is 9.96. The number of aromatic nitrogens is 1. The van der Waals surface area contributed by atoms with Gasteiger partial charge in [0.05, 0.1) is 11.1 Å². The molecular weight excluding hydrogens is 398 g/mol. The maximum Gasteiger partial charge on any atom is 0.341 e. The number of carbonyl (C=O) groups excluding carboxylic acids is 2. The maximum absolute atomic E-state index is 13.7. The molecule has 1 aliphatic rings. The number of ether oxygens (including phenoxy) is 1. The quantitative estimate of drug-likeness (QED) is 0.278. The number of hydrogen-bond donors (Lipinski definition) is 0. The number of fused-ring (bicyclic) bond motifs is 1. The van der Waals surface area contributed by atoms with Crippen LogP contribution >= 0.6 is 0 Å². The molecule has 4 nitrogen and oxygen atoms in total. The largest absolute Gasteiger partial charge is 0.459 e. The van der Waals surface area contributed by atoms with Gasteiger partial charge in [-0.3, -0.25) is 4.79 Å². The molecule has 0 unspecified atom stereocenters. The van der Waals surface area contributed by atoms with Gasteiger partial charge in [0, 0.05) is 17.3 Å². The van der Waals surface area contributed by atoms with E-state index in [0.717, 1.165) is 31.2 Å². The molecule has 2 heterocycles. The van der Waals surface area contributed by atoms with E-state index in [1.54, 1.807) is 12.1 Å². The molecule has 0 saturated heterocycles. The molecule has 160 valence electrons. The maximum atomic E-state index is 13.7. The van der Waals surface area contributed by atoms with E-state index in [4.69, 9.17) is 4.74 Å². The third-order valence-electron chi connectivity index (χ3n) is 6.19. The molecular formula is C28H25NO3. The standard InChI is InChI=1S/C28H25NO3/c30-27(21-14-6-2-7-15-21)26-24(20-12-4-1-5-13-20)25(23-18-10-11-19-29(23)26)28(31)32-22-16-8-3-9-17-22/h1-2,4-7,10-15,18-19,22H,3,8-9,16-17H2. The van der Waals surface area contributed by atoms with Gasteiger partial charge >= 0.3 is 5.97 Å². The van der Waals surface area contributed by atoms with E-state index in [0.29, 0.717) is 27.9 Å². The first-order chi connectivity index (χ1) is 15.7. The van der Waals surface area contributed by atoms with Crippen LogP contribution in [0.2, 0.25) is 0 Å². The smallest absolute Gasteiger partial charge is 0.341 e. The van der Waals surface area contributed by atoms with Crippen molar-refractivity contribution in [3.63, 3.8) is 0 Å². The molecule has 32 heavy (non-hydrogen) atoms. The van der Waals surface area contributed by atoms with Crippen LogP contribution in [0.1, 0.15) is 58.5 Å². The Hall–Kier alpha value is -3.66. The fourth-order valence-electron chi connectivity index (χ4n) is 4.64. The van der Waals surface area contributed by atoms with Crippen molar-refractivity contribution in [3.05, 3.63) is 102 Å². The van der Waals surface area contributed by atoms with Gasteiger partial charge in [-0.15, -0.1) is 0 Å². The lowest BCUT2D eigenvalue weighted by Gasteiger charge is -2.22. The van der Waals surface area contributed by atoms with Crippen molar-refractivity contribution >= 4 is 17.3 Å². The third kappa shape index (κ3) is 3.73. The first-order valence-electron chi connectivity index (χ1n) is 11.2. The van der Waals surface area contributed by atoms with Crippen molar-refractivity contribution in [1.82, 2.24) is 4.40 Å². The highest BCUT2D eigenvalue weighted by Gasteiger charge is 2.30. The molecule has 0 bridgehead atoms. The van der Waals surface area contributed by atoms with Gasteiger partial charge < -0.3 is 9.14 Å². The number of nitrogens with zero attached hydrogens (tertiary/aromatic N) is 1. The fourth-order valence-corrected chi connectivity index (χ4v) is 4.64. The molecule has 2 aromatic heterocycles. The Kier molecular flexibility index (Phi) is 5.59. The lowest BCUT2D eigenvalue weighted by molar-refractivity contribution is 0.0214. The van der Waals surface area contributed by atoms with Crippen molar-refractivity contribution in [1.29, 1.82) is 0 Å². The Morgan fingerprint density at radius 1 is 0.781 bits per heavy atom. The number of ketones is 1. The van der Waals surface area contributed by atoms with Crippen LogP contribution in [0, 0.1) is 0 Å². The van der Waals surface area contributed by atoms with Crippen LogP contribution in [0.15, 0.2) is 85.1 Å². The monoisotopic (exact) mass is 423 g/mol. The minimum atomic E-state index is -0.355. The summed E-state index contributed by atoms with van der Waals surface area (Å²) < 4.78 is 7.81. The van der Waals surface area contributed by atoms with Gasteiger partial charge in [0.2, 0.25) is 5.78 Å². The molecule has 0 aliphatic heterocycles. The third-order valence-corrected chi connectivity index (χ3v) is 6.19. The van der Waals surface area contributed by atoms with Gasteiger partial charge in [-0.05, 0) is 43.4 Å². The van der Waals surface area contributed by atoms with E-state index in [9.17, 15) is 9.59 Å². The molecule has 0 N–H and O–H groups in total. The summed E-state index contributed by atoms with van der Waals surface area (Å²) in [5, 5.41) is 0. The van der Waals surface area contributed by atoms with Crippen LogP contribution in [-0.2, 0) is 4.74 Å². The number of rotatable bonds is 5. The lowest BCUT2D eigenvalue weighted by Crippen LogP contribution is -2.21. The highest BCUT2D eigenvalue weighted by molar-refractivity contribution is 6.18. The Morgan fingerprint density at radius 3 is 2.16 bits per heavy atom. The van der Waals surface area contributed by atoms with Gasteiger partial charge in [0.1, 0.15) is 11.8 Å².